The van der Waals surface area contributed by atoms with Gasteiger partial charge in [-0.2, -0.15) is 8.42 Å². The molecule has 0 amide bonds. The van der Waals surface area contributed by atoms with Gasteiger partial charge >= 0.3 is 10.1 Å². The molecule has 0 rings (SSSR count). The Labute approximate surface area is 122 Å². The molecule has 1 atom stereocenters. The number of hydrogen-bond acceptors (Lipinski definition) is 4. The summed E-state index contributed by atoms with van der Waals surface area (Å²) in [5, 5.41) is 9.46. The van der Waals surface area contributed by atoms with Crippen molar-refractivity contribution in [2.24, 2.45) is 0 Å². The smallest absolute Gasteiger partial charge is 0.302 e. The molecular formula is C14H28O5S. The molecule has 0 fully saturated rings. The minimum absolute atomic E-state index is 0.0252. The first-order valence-corrected chi connectivity index (χ1v) is 8.90. The Morgan fingerprint density at radius 1 is 0.950 bits per heavy atom. The predicted octanol–water partition coefficient (Wildman–Crippen LogP) is 3.07. The molecule has 0 aromatic heterocycles. The average molecular weight is 308 g/mol. The van der Waals surface area contributed by atoms with Gasteiger partial charge in [0.15, 0.2) is 5.78 Å². The summed E-state index contributed by atoms with van der Waals surface area (Å²) in [6.07, 6.45) is 9.69. The Balaban J connectivity index is 3.69. The Hall–Kier alpha value is -0.460. The quantitative estimate of drug-likeness (QED) is 0.427. The fraction of sp³-hybridized carbons (Fsp3) is 0.929. The average Bonchev–Trinajstić information content (AvgIpc) is 2.35. The van der Waals surface area contributed by atoms with E-state index in [-0.39, 0.29) is 6.42 Å². The fourth-order valence-electron chi connectivity index (χ4n) is 1.97. The standard InChI is InChI=1S/C14H28O5S/c1-3-4-5-6-7-8-9-10-11-12-13(15)14(2,16)20(17,18)19/h16H,3-12H2,1-2H3,(H,17,18,19). The number of aliphatic hydroxyl groups is 1. The van der Waals surface area contributed by atoms with Gasteiger partial charge in [-0.25, -0.2) is 0 Å². The van der Waals surface area contributed by atoms with Crippen LogP contribution in [0.15, 0.2) is 0 Å². The molecule has 0 aliphatic rings. The molecule has 0 aromatic rings. The van der Waals surface area contributed by atoms with Crippen LogP contribution in [0, 0.1) is 0 Å². The van der Waals surface area contributed by atoms with Gasteiger partial charge in [0.1, 0.15) is 0 Å². The molecule has 2 N–H and O–H groups in total. The summed E-state index contributed by atoms with van der Waals surface area (Å²) < 4.78 is 30.4. The normalized spacial score (nSPS) is 15.0. The Bertz CT molecular complexity index is 373. The highest BCUT2D eigenvalue weighted by Gasteiger charge is 2.42. The molecule has 0 saturated carbocycles. The van der Waals surface area contributed by atoms with Crippen molar-refractivity contribution in [2.75, 3.05) is 0 Å². The van der Waals surface area contributed by atoms with Crippen LogP contribution in [-0.2, 0) is 14.9 Å². The van der Waals surface area contributed by atoms with Crippen LogP contribution in [0.5, 0.6) is 0 Å². The maximum Gasteiger partial charge on any atom is 0.302 e. The van der Waals surface area contributed by atoms with Crippen LogP contribution >= 0.6 is 0 Å². The third-order valence-corrected chi connectivity index (χ3v) is 4.76. The maximum absolute atomic E-state index is 11.5. The number of hydrogen-bond donors (Lipinski definition) is 2. The van der Waals surface area contributed by atoms with Gasteiger partial charge < -0.3 is 5.11 Å². The number of unbranched alkanes of at least 4 members (excludes halogenated alkanes) is 8. The topological polar surface area (TPSA) is 91.7 Å². The first-order valence-electron chi connectivity index (χ1n) is 7.46. The lowest BCUT2D eigenvalue weighted by Gasteiger charge is -2.17. The van der Waals surface area contributed by atoms with E-state index in [0.29, 0.717) is 6.42 Å². The molecule has 6 heteroatoms. The van der Waals surface area contributed by atoms with Crippen LogP contribution in [0.3, 0.4) is 0 Å². The largest absolute Gasteiger partial charge is 0.367 e. The van der Waals surface area contributed by atoms with Crippen molar-refractivity contribution < 1.29 is 22.9 Å². The van der Waals surface area contributed by atoms with Crippen LogP contribution in [0.1, 0.15) is 78.1 Å². The van der Waals surface area contributed by atoms with Crippen molar-refractivity contribution in [1.82, 2.24) is 0 Å². The van der Waals surface area contributed by atoms with E-state index in [1.165, 1.54) is 32.1 Å². The maximum atomic E-state index is 11.5. The van der Waals surface area contributed by atoms with Gasteiger partial charge in [-0.15, -0.1) is 0 Å². The van der Waals surface area contributed by atoms with Crippen molar-refractivity contribution in [3.63, 3.8) is 0 Å². The van der Waals surface area contributed by atoms with Crippen molar-refractivity contribution in [3.05, 3.63) is 0 Å². The summed E-state index contributed by atoms with van der Waals surface area (Å²) in [7, 11) is -4.76. The molecule has 120 valence electrons. The molecular weight excluding hydrogens is 280 g/mol. The van der Waals surface area contributed by atoms with E-state index in [0.717, 1.165) is 26.2 Å². The van der Waals surface area contributed by atoms with E-state index < -0.39 is 20.8 Å². The highest BCUT2D eigenvalue weighted by atomic mass is 32.2. The number of rotatable bonds is 12. The second-order valence-electron chi connectivity index (χ2n) is 5.46. The van der Waals surface area contributed by atoms with Gasteiger partial charge in [0.2, 0.25) is 4.93 Å². The van der Waals surface area contributed by atoms with E-state index in [2.05, 4.69) is 6.92 Å². The molecule has 0 aliphatic carbocycles. The zero-order valence-corrected chi connectivity index (χ0v) is 13.4. The van der Waals surface area contributed by atoms with Gasteiger partial charge in [-0.3, -0.25) is 9.35 Å². The van der Waals surface area contributed by atoms with Gasteiger partial charge in [-0.1, -0.05) is 58.3 Å². The lowest BCUT2D eigenvalue weighted by Crippen LogP contribution is -2.43. The van der Waals surface area contributed by atoms with Crippen molar-refractivity contribution in [3.8, 4) is 0 Å². The monoisotopic (exact) mass is 308 g/mol. The summed E-state index contributed by atoms with van der Waals surface area (Å²) in [6.45, 7) is 3.00. The molecule has 0 aromatic carbocycles. The van der Waals surface area contributed by atoms with E-state index in [4.69, 9.17) is 4.55 Å². The zero-order chi connectivity index (χ0) is 15.6. The SMILES string of the molecule is CCCCCCCCCCCC(=O)C(C)(O)S(=O)(=O)O. The van der Waals surface area contributed by atoms with Crippen LogP contribution in [0.2, 0.25) is 0 Å². The molecule has 0 heterocycles. The Morgan fingerprint density at radius 2 is 1.35 bits per heavy atom. The van der Waals surface area contributed by atoms with Gasteiger partial charge in [-0.05, 0) is 13.3 Å². The van der Waals surface area contributed by atoms with E-state index in [1.54, 1.807) is 0 Å². The molecule has 5 nitrogen and oxygen atoms in total. The minimum Gasteiger partial charge on any atom is -0.367 e. The van der Waals surface area contributed by atoms with Gasteiger partial charge in [0, 0.05) is 6.42 Å². The predicted molar refractivity (Wildman–Crippen MR) is 79.0 cm³/mol. The minimum atomic E-state index is -4.76. The lowest BCUT2D eigenvalue weighted by atomic mass is 10.0. The number of carbonyl (C=O) groups is 1. The van der Waals surface area contributed by atoms with E-state index in [9.17, 15) is 18.3 Å². The molecule has 20 heavy (non-hydrogen) atoms. The third-order valence-electron chi connectivity index (χ3n) is 3.53. The Kier molecular flexibility index (Phi) is 9.25. The van der Waals surface area contributed by atoms with Crippen LogP contribution in [0.25, 0.3) is 0 Å². The molecule has 0 spiro atoms. The summed E-state index contributed by atoms with van der Waals surface area (Å²) in [5.74, 6) is -0.844. The second kappa shape index (κ2) is 9.47. The fourth-order valence-corrected chi connectivity index (χ4v) is 2.36. The summed E-state index contributed by atoms with van der Waals surface area (Å²) in [5.41, 5.74) is 0. The number of Topliss-reactive ketones (excluding diaryl/α,β-unsaturated/α-hetero) is 1. The Morgan fingerprint density at radius 3 is 1.75 bits per heavy atom. The van der Waals surface area contributed by atoms with Crippen molar-refractivity contribution in [1.29, 1.82) is 0 Å². The zero-order valence-electron chi connectivity index (χ0n) is 12.6. The third kappa shape index (κ3) is 7.36. The van der Waals surface area contributed by atoms with Gasteiger partial charge in [0.05, 0.1) is 0 Å². The second-order valence-corrected chi connectivity index (χ2v) is 7.20. The van der Waals surface area contributed by atoms with Crippen molar-refractivity contribution in [2.45, 2.75) is 83.0 Å². The van der Waals surface area contributed by atoms with Crippen LogP contribution in [-0.4, -0.2) is 28.8 Å². The van der Waals surface area contributed by atoms with Crippen molar-refractivity contribution >= 4 is 15.9 Å². The molecule has 0 bridgehead atoms. The van der Waals surface area contributed by atoms with Crippen LogP contribution < -0.4 is 0 Å². The molecule has 1 unspecified atom stereocenters. The lowest BCUT2D eigenvalue weighted by molar-refractivity contribution is -0.129. The summed E-state index contributed by atoms with van der Waals surface area (Å²) in [6, 6.07) is 0. The van der Waals surface area contributed by atoms with E-state index in [1.807, 2.05) is 0 Å². The number of ketones is 1. The van der Waals surface area contributed by atoms with E-state index >= 15 is 0 Å². The van der Waals surface area contributed by atoms with Gasteiger partial charge in [0.25, 0.3) is 0 Å². The molecule has 0 radical (unpaired) electrons. The molecule has 0 aliphatic heterocycles. The number of carbonyl (C=O) groups excluding carboxylic acids is 1. The first-order chi connectivity index (χ1) is 9.23. The highest BCUT2D eigenvalue weighted by molar-refractivity contribution is 7.87. The summed E-state index contributed by atoms with van der Waals surface area (Å²) in [4.78, 5) is 8.86. The molecule has 0 saturated heterocycles. The first kappa shape index (κ1) is 19.5. The summed E-state index contributed by atoms with van der Waals surface area (Å²) >= 11 is 0. The highest BCUT2D eigenvalue weighted by Crippen LogP contribution is 2.18. The van der Waals surface area contributed by atoms with Crippen LogP contribution in [0.4, 0.5) is 0 Å².